The van der Waals surface area contributed by atoms with Gasteiger partial charge in [-0.05, 0) is 13.0 Å². The van der Waals surface area contributed by atoms with Crippen LogP contribution in [-0.4, -0.2) is 19.7 Å². The molecule has 6 heteroatoms. The second-order valence-corrected chi connectivity index (χ2v) is 3.65. The molecule has 0 bridgehead atoms. The molecule has 84 valence electrons. The maximum Gasteiger partial charge on any atom is 0.152 e. The van der Waals surface area contributed by atoms with E-state index in [9.17, 15) is 0 Å². The summed E-state index contributed by atoms with van der Waals surface area (Å²) in [5, 5.41) is 11.7. The molecular formula is C10H12ClN5. The molecule has 2 aromatic heterocycles. The normalized spacial score (nSPS) is 10.4. The largest absolute Gasteiger partial charge is 0.376 e. The standard InChI is InChI=1S/C10H12ClN5/c1-2-16-7-14-15-10(16)6-13-9-3-4-12-5-8(9)11/h3-5,7H,2,6H2,1H3,(H,12,13). The van der Waals surface area contributed by atoms with Crippen LogP contribution in [0.15, 0.2) is 24.8 Å². The number of hydrogen-bond donors (Lipinski definition) is 1. The van der Waals surface area contributed by atoms with Gasteiger partial charge in [0, 0.05) is 18.9 Å². The molecule has 2 heterocycles. The fourth-order valence-electron chi connectivity index (χ4n) is 1.37. The van der Waals surface area contributed by atoms with E-state index >= 15 is 0 Å². The predicted octanol–water partition coefficient (Wildman–Crippen LogP) is 1.96. The van der Waals surface area contributed by atoms with Crippen molar-refractivity contribution in [2.24, 2.45) is 0 Å². The Bertz CT molecular complexity index is 468. The minimum Gasteiger partial charge on any atom is -0.376 e. The van der Waals surface area contributed by atoms with Crippen molar-refractivity contribution < 1.29 is 0 Å². The zero-order chi connectivity index (χ0) is 11.4. The summed E-state index contributed by atoms with van der Waals surface area (Å²) in [5.74, 6) is 0.885. The van der Waals surface area contributed by atoms with Crippen LogP contribution in [0.5, 0.6) is 0 Å². The molecule has 0 aliphatic heterocycles. The maximum absolute atomic E-state index is 5.97. The Hall–Kier alpha value is -1.62. The highest BCUT2D eigenvalue weighted by Gasteiger charge is 2.03. The average Bonchev–Trinajstić information content (AvgIpc) is 2.75. The van der Waals surface area contributed by atoms with Gasteiger partial charge in [0.25, 0.3) is 0 Å². The van der Waals surface area contributed by atoms with Gasteiger partial charge < -0.3 is 9.88 Å². The first-order valence-corrected chi connectivity index (χ1v) is 5.39. The van der Waals surface area contributed by atoms with Crippen LogP contribution < -0.4 is 5.32 Å². The highest BCUT2D eigenvalue weighted by Crippen LogP contribution is 2.19. The van der Waals surface area contributed by atoms with Gasteiger partial charge >= 0.3 is 0 Å². The number of rotatable bonds is 4. The van der Waals surface area contributed by atoms with Crippen LogP contribution in [0.3, 0.4) is 0 Å². The van der Waals surface area contributed by atoms with Gasteiger partial charge in [-0.3, -0.25) is 4.98 Å². The SMILES string of the molecule is CCn1cnnc1CNc1ccncc1Cl. The zero-order valence-electron chi connectivity index (χ0n) is 8.89. The minimum atomic E-state index is 0.595. The Morgan fingerprint density at radius 3 is 3.12 bits per heavy atom. The van der Waals surface area contributed by atoms with E-state index in [1.165, 1.54) is 0 Å². The van der Waals surface area contributed by atoms with Gasteiger partial charge in [-0.1, -0.05) is 11.6 Å². The third-order valence-electron chi connectivity index (χ3n) is 2.25. The third kappa shape index (κ3) is 2.30. The molecule has 5 nitrogen and oxygen atoms in total. The van der Waals surface area contributed by atoms with E-state index in [4.69, 9.17) is 11.6 Å². The quantitative estimate of drug-likeness (QED) is 0.883. The number of nitrogens with one attached hydrogen (secondary N) is 1. The lowest BCUT2D eigenvalue weighted by Gasteiger charge is -2.07. The molecule has 0 saturated heterocycles. The summed E-state index contributed by atoms with van der Waals surface area (Å²) >= 11 is 5.97. The third-order valence-corrected chi connectivity index (χ3v) is 2.55. The number of anilines is 1. The molecule has 0 aromatic carbocycles. The van der Waals surface area contributed by atoms with E-state index in [0.29, 0.717) is 11.6 Å². The van der Waals surface area contributed by atoms with Gasteiger partial charge in [0.2, 0.25) is 0 Å². The van der Waals surface area contributed by atoms with E-state index in [1.807, 2.05) is 17.6 Å². The first-order valence-electron chi connectivity index (χ1n) is 5.01. The van der Waals surface area contributed by atoms with E-state index < -0.39 is 0 Å². The molecule has 0 atom stereocenters. The fourth-order valence-corrected chi connectivity index (χ4v) is 1.56. The molecule has 0 unspecified atom stereocenters. The summed E-state index contributed by atoms with van der Waals surface area (Å²) in [6, 6.07) is 1.83. The van der Waals surface area contributed by atoms with Crippen molar-refractivity contribution in [2.75, 3.05) is 5.32 Å². The number of aryl methyl sites for hydroxylation is 1. The Balaban J connectivity index is 2.05. The molecule has 16 heavy (non-hydrogen) atoms. The summed E-state index contributed by atoms with van der Waals surface area (Å²) in [5.41, 5.74) is 0.849. The fraction of sp³-hybridized carbons (Fsp3) is 0.300. The number of halogens is 1. The molecule has 0 saturated carbocycles. The first-order chi connectivity index (χ1) is 7.81. The summed E-state index contributed by atoms with van der Waals surface area (Å²) in [7, 11) is 0. The Labute approximate surface area is 98.5 Å². The first kappa shape index (κ1) is 10.9. The number of pyridine rings is 1. The van der Waals surface area contributed by atoms with Crippen molar-refractivity contribution in [1.29, 1.82) is 0 Å². The summed E-state index contributed by atoms with van der Waals surface area (Å²) < 4.78 is 1.97. The molecule has 0 aliphatic rings. The van der Waals surface area contributed by atoms with E-state index in [2.05, 4.69) is 20.5 Å². The molecule has 2 aromatic rings. The summed E-state index contributed by atoms with van der Waals surface area (Å²) in [6.45, 7) is 3.50. The van der Waals surface area contributed by atoms with Gasteiger partial charge in [-0.15, -0.1) is 10.2 Å². The van der Waals surface area contributed by atoms with Crippen LogP contribution in [0.25, 0.3) is 0 Å². The number of aromatic nitrogens is 4. The van der Waals surface area contributed by atoms with Gasteiger partial charge in [-0.2, -0.15) is 0 Å². The highest BCUT2D eigenvalue weighted by molar-refractivity contribution is 6.33. The monoisotopic (exact) mass is 237 g/mol. The van der Waals surface area contributed by atoms with Crippen LogP contribution in [0.1, 0.15) is 12.7 Å². The lowest BCUT2D eigenvalue weighted by molar-refractivity contribution is 0.708. The van der Waals surface area contributed by atoms with Crippen molar-refractivity contribution >= 4 is 17.3 Å². The van der Waals surface area contributed by atoms with Gasteiger partial charge in [-0.25, -0.2) is 0 Å². The van der Waals surface area contributed by atoms with Crippen molar-refractivity contribution in [3.63, 3.8) is 0 Å². The van der Waals surface area contributed by atoms with Crippen LogP contribution in [0.4, 0.5) is 5.69 Å². The van der Waals surface area contributed by atoms with Crippen molar-refractivity contribution in [3.05, 3.63) is 35.6 Å². The van der Waals surface area contributed by atoms with E-state index in [0.717, 1.165) is 18.1 Å². The topological polar surface area (TPSA) is 55.6 Å². The second-order valence-electron chi connectivity index (χ2n) is 3.24. The molecule has 0 fully saturated rings. The summed E-state index contributed by atoms with van der Waals surface area (Å²) in [4.78, 5) is 3.92. The van der Waals surface area contributed by atoms with Crippen LogP contribution in [0, 0.1) is 0 Å². The van der Waals surface area contributed by atoms with Gasteiger partial charge in [0.1, 0.15) is 6.33 Å². The molecule has 0 amide bonds. The average molecular weight is 238 g/mol. The summed E-state index contributed by atoms with van der Waals surface area (Å²) in [6.07, 6.45) is 5.01. The van der Waals surface area contributed by atoms with Crippen molar-refractivity contribution in [1.82, 2.24) is 19.7 Å². The number of hydrogen-bond acceptors (Lipinski definition) is 4. The van der Waals surface area contributed by atoms with Crippen LogP contribution >= 0.6 is 11.6 Å². The molecule has 0 radical (unpaired) electrons. The van der Waals surface area contributed by atoms with Gasteiger partial charge in [0.05, 0.1) is 17.3 Å². The van der Waals surface area contributed by atoms with Crippen LogP contribution in [0.2, 0.25) is 5.02 Å². The Morgan fingerprint density at radius 1 is 1.50 bits per heavy atom. The zero-order valence-corrected chi connectivity index (χ0v) is 9.65. The van der Waals surface area contributed by atoms with E-state index in [1.54, 1.807) is 18.7 Å². The smallest absolute Gasteiger partial charge is 0.152 e. The molecule has 2 rings (SSSR count). The van der Waals surface area contributed by atoms with E-state index in [-0.39, 0.29) is 0 Å². The minimum absolute atomic E-state index is 0.595. The Kier molecular flexibility index (Phi) is 3.36. The molecule has 0 aliphatic carbocycles. The van der Waals surface area contributed by atoms with Crippen molar-refractivity contribution in [2.45, 2.75) is 20.0 Å². The highest BCUT2D eigenvalue weighted by atomic mass is 35.5. The lowest BCUT2D eigenvalue weighted by Crippen LogP contribution is -2.07. The van der Waals surface area contributed by atoms with Gasteiger partial charge in [0.15, 0.2) is 5.82 Å². The number of nitrogens with zero attached hydrogens (tertiary/aromatic N) is 4. The lowest BCUT2D eigenvalue weighted by atomic mass is 10.4. The maximum atomic E-state index is 5.97. The van der Waals surface area contributed by atoms with Crippen molar-refractivity contribution in [3.8, 4) is 0 Å². The molecule has 0 spiro atoms. The molecule has 1 N–H and O–H groups in total. The second kappa shape index (κ2) is 4.94. The Morgan fingerprint density at radius 2 is 2.38 bits per heavy atom. The van der Waals surface area contributed by atoms with Crippen LogP contribution in [-0.2, 0) is 13.1 Å². The molecular weight excluding hydrogens is 226 g/mol. The predicted molar refractivity (Wildman–Crippen MR) is 62.3 cm³/mol.